The van der Waals surface area contributed by atoms with Gasteiger partial charge in [0.25, 0.3) is 0 Å². The standard InChI is InChI=1S/C15H18ClNO3/c1-11(12-3-2-4-13(16)6-12)5-14(19)17-7-15(8-18)9-20-10-15/h2-6,18H,7-10H2,1H3,(H,17,19)/b11-5-. The molecule has 1 fully saturated rings. The van der Waals surface area contributed by atoms with Gasteiger partial charge in [-0.05, 0) is 30.2 Å². The molecule has 0 saturated carbocycles. The van der Waals surface area contributed by atoms with Crippen LogP contribution in [0.25, 0.3) is 5.57 Å². The topological polar surface area (TPSA) is 58.6 Å². The van der Waals surface area contributed by atoms with Gasteiger partial charge in [0, 0.05) is 17.6 Å². The zero-order valence-electron chi connectivity index (χ0n) is 11.4. The summed E-state index contributed by atoms with van der Waals surface area (Å²) in [6, 6.07) is 7.36. The first kappa shape index (κ1) is 15.0. The van der Waals surface area contributed by atoms with Crippen molar-refractivity contribution in [3.63, 3.8) is 0 Å². The lowest BCUT2D eigenvalue weighted by molar-refractivity contribution is -0.139. The van der Waals surface area contributed by atoms with Crippen LogP contribution in [0.1, 0.15) is 12.5 Å². The molecule has 1 aliphatic rings. The van der Waals surface area contributed by atoms with E-state index in [1.807, 2.05) is 25.1 Å². The third kappa shape index (κ3) is 3.60. The lowest BCUT2D eigenvalue weighted by Gasteiger charge is -2.39. The molecule has 5 heteroatoms. The normalized spacial score (nSPS) is 17.4. The molecule has 0 aliphatic carbocycles. The maximum Gasteiger partial charge on any atom is 0.244 e. The number of nitrogens with one attached hydrogen (secondary N) is 1. The number of rotatable bonds is 5. The molecular formula is C15H18ClNO3. The van der Waals surface area contributed by atoms with Crippen LogP contribution in [-0.2, 0) is 9.53 Å². The third-order valence-corrected chi connectivity index (χ3v) is 3.65. The van der Waals surface area contributed by atoms with Crippen molar-refractivity contribution in [2.75, 3.05) is 26.4 Å². The minimum Gasteiger partial charge on any atom is -0.396 e. The number of carbonyl (C=O) groups is 1. The zero-order chi connectivity index (χ0) is 14.6. The Morgan fingerprint density at radius 2 is 2.30 bits per heavy atom. The van der Waals surface area contributed by atoms with Crippen molar-refractivity contribution in [3.8, 4) is 0 Å². The number of hydrogen-bond donors (Lipinski definition) is 2. The fraction of sp³-hybridized carbons (Fsp3) is 0.400. The highest BCUT2D eigenvalue weighted by atomic mass is 35.5. The highest BCUT2D eigenvalue weighted by Crippen LogP contribution is 2.25. The highest BCUT2D eigenvalue weighted by molar-refractivity contribution is 6.30. The second kappa shape index (κ2) is 6.39. The number of hydrogen-bond acceptors (Lipinski definition) is 3. The molecule has 4 nitrogen and oxygen atoms in total. The van der Waals surface area contributed by atoms with E-state index < -0.39 is 0 Å². The van der Waals surface area contributed by atoms with E-state index >= 15 is 0 Å². The molecule has 0 radical (unpaired) electrons. The van der Waals surface area contributed by atoms with E-state index in [4.69, 9.17) is 16.3 Å². The summed E-state index contributed by atoms with van der Waals surface area (Å²) < 4.78 is 5.08. The second-order valence-electron chi connectivity index (χ2n) is 5.21. The van der Waals surface area contributed by atoms with E-state index in [2.05, 4.69) is 5.32 Å². The van der Waals surface area contributed by atoms with Crippen LogP contribution in [0.15, 0.2) is 30.3 Å². The Hall–Kier alpha value is -1.36. The van der Waals surface area contributed by atoms with Gasteiger partial charge in [-0.2, -0.15) is 0 Å². The van der Waals surface area contributed by atoms with Gasteiger partial charge in [0.15, 0.2) is 0 Å². The molecule has 0 aromatic heterocycles. The maximum atomic E-state index is 11.9. The van der Waals surface area contributed by atoms with Gasteiger partial charge in [-0.25, -0.2) is 0 Å². The van der Waals surface area contributed by atoms with Gasteiger partial charge in [0.1, 0.15) is 0 Å². The van der Waals surface area contributed by atoms with Crippen molar-refractivity contribution < 1.29 is 14.6 Å². The first-order chi connectivity index (χ1) is 9.54. The summed E-state index contributed by atoms with van der Waals surface area (Å²) in [7, 11) is 0. The van der Waals surface area contributed by atoms with Gasteiger partial charge in [-0.3, -0.25) is 4.79 Å². The van der Waals surface area contributed by atoms with Gasteiger partial charge in [0.05, 0.1) is 25.2 Å². The van der Waals surface area contributed by atoms with E-state index in [9.17, 15) is 9.90 Å². The van der Waals surface area contributed by atoms with Crippen LogP contribution in [-0.4, -0.2) is 37.4 Å². The van der Waals surface area contributed by atoms with E-state index in [0.29, 0.717) is 24.8 Å². The molecule has 1 aromatic rings. The number of halogens is 1. The summed E-state index contributed by atoms with van der Waals surface area (Å²) in [4.78, 5) is 11.9. The van der Waals surface area contributed by atoms with Crippen molar-refractivity contribution in [1.29, 1.82) is 0 Å². The fourth-order valence-electron chi connectivity index (χ4n) is 1.98. The molecule has 1 aromatic carbocycles. The molecule has 0 unspecified atom stereocenters. The summed E-state index contributed by atoms with van der Waals surface area (Å²) in [6.45, 7) is 3.27. The molecule has 20 heavy (non-hydrogen) atoms. The van der Waals surface area contributed by atoms with E-state index in [1.165, 1.54) is 6.08 Å². The van der Waals surface area contributed by atoms with E-state index in [1.54, 1.807) is 6.07 Å². The number of aliphatic hydroxyl groups excluding tert-OH is 1. The molecule has 2 N–H and O–H groups in total. The highest BCUT2D eigenvalue weighted by Gasteiger charge is 2.38. The maximum absolute atomic E-state index is 11.9. The quantitative estimate of drug-likeness (QED) is 0.815. The smallest absolute Gasteiger partial charge is 0.244 e. The van der Waals surface area contributed by atoms with E-state index in [-0.39, 0.29) is 17.9 Å². The molecule has 0 atom stereocenters. The molecular weight excluding hydrogens is 278 g/mol. The van der Waals surface area contributed by atoms with Crippen LogP contribution in [0.5, 0.6) is 0 Å². The monoisotopic (exact) mass is 295 g/mol. The molecule has 1 amide bonds. The van der Waals surface area contributed by atoms with Crippen molar-refractivity contribution in [2.45, 2.75) is 6.92 Å². The Morgan fingerprint density at radius 1 is 1.55 bits per heavy atom. The van der Waals surface area contributed by atoms with Crippen LogP contribution in [0.2, 0.25) is 5.02 Å². The molecule has 108 valence electrons. The number of ether oxygens (including phenoxy) is 1. The third-order valence-electron chi connectivity index (χ3n) is 3.42. The Bertz CT molecular complexity index is 518. The minimum atomic E-state index is -0.312. The molecule has 0 bridgehead atoms. The van der Waals surface area contributed by atoms with Crippen LogP contribution in [0, 0.1) is 5.41 Å². The van der Waals surface area contributed by atoms with Gasteiger partial charge < -0.3 is 15.2 Å². The van der Waals surface area contributed by atoms with Gasteiger partial charge in [0.2, 0.25) is 5.91 Å². The average molecular weight is 296 g/mol. The Labute approximate surface area is 123 Å². The zero-order valence-corrected chi connectivity index (χ0v) is 12.1. The minimum absolute atomic E-state index is 0.0181. The fourth-order valence-corrected chi connectivity index (χ4v) is 2.17. The number of aliphatic hydroxyl groups is 1. The van der Waals surface area contributed by atoms with E-state index in [0.717, 1.165) is 11.1 Å². The molecule has 1 heterocycles. The van der Waals surface area contributed by atoms with Crippen molar-refractivity contribution in [3.05, 3.63) is 40.9 Å². The lowest BCUT2D eigenvalue weighted by atomic mass is 9.87. The predicted molar refractivity (Wildman–Crippen MR) is 78.5 cm³/mol. The van der Waals surface area contributed by atoms with Crippen molar-refractivity contribution >= 4 is 23.1 Å². The predicted octanol–water partition coefficient (Wildman–Crippen LogP) is 1.87. The molecule has 1 aliphatic heterocycles. The first-order valence-electron chi connectivity index (χ1n) is 6.45. The summed E-state index contributed by atoms with van der Waals surface area (Å²) in [5.74, 6) is -0.179. The van der Waals surface area contributed by atoms with Gasteiger partial charge in [-0.1, -0.05) is 23.7 Å². The molecule has 2 rings (SSSR count). The largest absolute Gasteiger partial charge is 0.396 e. The lowest BCUT2D eigenvalue weighted by Crippen LogP contribution is -2.53. The Kier molecular flexibility index (Phi) is 4.81. The van der Waals surface area contributed by atoms with Crippen molar-refractivity contribution in [1.82, 2.24) is 5.32 Å². The average Bonchev–Trinajstić information content (AvgIpc) is 2.38. The first-order valence-corrected chi connectivity index (χ1v) is 6.83. The van der Waals surface area contributed by atoms with Gasteiger partial charge in [-0.15, -0.1) is 0 Å². The number of allylic oxidation sites excluding steroid dienone is 1. The summed E-state index contributed by atoms with van der Waals surface area (Å²) in [5, 5.41) is 12.7. The van der Waals surface area contributed by atoms with Crippen LogP contribution >= 0.6 is 11.6 Å². The Morgan fingerprint density at radius 3 is 2.85 bits per heavy atom. The van der Waals surface area contributed by atoms with Crippen LogP contribution in [0.4, 0.5) is 0 Å². The van der Waals surface area contributed by atoms with Crippen LogP contribution < -0.4 is 5.32 Å². The molecule has 1 saturated heterocycles. The van der Waals surface area contributed by atoms with Crippen molar-refractivity contribution in [2.24, 2.45) is 5.41 Å². The van der Waals surface area contributed by atoms with Crippen LogP contribution in [0.3, 0.4) is 0 Å². The number of carbonyl (C=O) groups excluding carboxylic acids is 1. The second-order valence-corrected chi connectivity index (χ2v) is 5.64. The Balaban J connectivity index is 1.94. The number of benzene rings is 1. The summed E-state index contributed by atoms with van der Waals surface area (Å²) in [5.41, 5.74) is 1.44. The van der Waals surface area contributed by atoms with Gasteiger partial charge >= 0.3 is 0 Å². The number of amides is 1. The molecule has 0 spiro atoms. The SMILES string of the molecule is C/C(=C/C(=O)NCC1(CO)COC1)c1cccc(Cl)c1. The summed E-state index contributed by atoms with van der Waals surface area (Å²) >= 11 is 5.92. The summed E-state index contributed by atoms with van der Waals surface area (Å²) in [6.07, 6.45) is 1.54.